The number of nitrogens with zero attached hydrogens (tertiary/aromatic N) is 3. The molecule has 0 aromatic carbocycles. The summed E-state index contributed by atoms with van der Waals surface area (Å²) in [6.07, 6.45) is 3.75. The minimum absolute atomic E-state index is 0.0290. The van der Waals surface area contributed by atoms with Crippen molar-refractivity contribution in [2.75, 3.05) is 12.8 Å². The van der Waals surface area contributed by atoms with Gasteiger partial charge in [0.1, 0.15) is 5.65 Å². The van der Waals surface area contributed by atoms with Crippen molar-refractivity contribution >= 4 is 21.4 Å². The number of imidazole rings is 1. The van der Waals surface area contributed by atoms with Crippen molar-refractivity contribution in [1.29, 1.82) is 0 Å². The highest BCUT2D eigenvalue weighted by atomic mass is 32.2. The molecule has 1 atom stereocenters. The van der Waals surface area contributed by atoms with Gasteiger partial charge in [-0.3, -0.25) is 4.79 Å². The van der Waals surface area contributed by atoms with Gasteiger partial charge < -0.3 is 9.30 Å². The third kappa shape index (κ3) is 3.29. The molecule has 0 saturated heterocycles. The summed E-state index contributed by atoms with van der Waals surface area (Å²) in [6.45, 7) is 2.37. The average molecular weight is 333 g/mol. The lowest BCUT2D eigenvalue weighted by atomic mass is 10.1. The molecule has 7 heteroatoms. The van der Waals surface area contributed by atoms with E-state index < -0.39 is 9.84 Å². The molecule has 23 heavy (non-hydrogen) atoms. The van der Waals surface area contributed by atoms with Crippen molar-refractivity contribution in [3.63, 3.8) is 0 Å². The van der Waals surface area contributed by atoms with E-state index in [-0.39, 0.29) is 24.0 Å². The molecule has 6 nitrogen and oxygen atoms in total. The predicted molar refractivity (Wildman–Crippen MR) is 87.4 cm³/mol. The first kappa shape index (κ1) is 15.7. The fourth-order valence-corrected chi connectivity index (χ4v) is 4.21. The minimum atomic E-state index is -3.12. The average Bonchev–Trinajstić information content (AvgIpc) is 2.99. The van der Waals surface area contributed by atoms with Crippen LogP contribution >= 0.6 is 0 Å². The molecule has 0 saturated carbocycles. The zero-order valence-electron chi connectivity index (χ0n) is 13.1. The van der Waals surface area contributed by atoms with E-state index in [0.717, 1.165) is 17.0 Å². The summed E-state index contributed by atoms with van der Waals surface area (Å²) in [5, 5.41) is 1.21. The van der Waals surface area contributed by atoms with Crippen molar-refractivity contribution in [2.45, 2.75) is 19.9 Å². The molecule has 2 aromatic heterocycles. The van der Waals surface area contributed by atoms with Crippen LogP contribution < -0.4 is 0 Å². The number of carbonyl (C=O) groups is 1. The Hall–Kier alpha value is -2.15. The highest BCUT2D eigenvalue weighted by Gasteiger charge is 2.25. The Morgan fingerprint density at radius 3 is 2.91 bits per heavy atom. The Bertz CT molecular complexity index is 883. The molecule has 1 aliphatic rings. The zero-order valence-corrected chi connectivity index (χ0v) is 14.0. The number of rotatable bonds is 4. The topological polar surface area (TPSA) is 71.8 Å². The first-order chi connectivity index (χ1) is 10.9. The number of aromatic nitrogens is 2. The number of hydrogen-bond donors (Lipinski definition) is 0. The fraction of sp³-hybridized carbons (Fsp3) is 0.375. The van der Waals surface area contributed by atoms with Crippen LogP contribution in [0.1, 0.15) is 17.8 Å². The van der Waals surface area contributed by atoms with Crippen LogP contribution in [0.5, 0.6) is 0 Å². The number of pyridine rings is 1. The van der Waals surface area contributed by atoms with E-state index in [1.165, 1.54) is 5.41 Å². The summed E-state index contributed by atoms with van der Waals surface area (Å²) >= 11 is 0. The van der Waals surface area contributed by atoms with Crippen molar-refractivity contribution in [2.24, 2.45) is 5.92 Å². The third-order valence-electron chi connectivity index (χ3n) is 4.08. The van der Waals surface area contributed by atoms with E-state index in [0.29, 0.717) is 6.54 Å². The molecule has 0 radical (unpaired) electrons. The SMILES string of the molecule is Cc1nc2ccccn2c1CN(C)C(=O)C[C@H]1C=CS(=O)(=O)C1. The molecule has 0 fully saturated rings. The largest absolute Gasteiger partial charge is 0.340 e. The van der Waals surface area contributed by atoms with Gasteiger partial charge >= 0.3 is 0 Å². The van der Waals surface area contributed by atoms with Crippen LogP contribution in [0, 0.1) is 12.8 Å². The molecule has 0 bridgehead atoms. The Morgan fingerprint density at radius 2 is 2.22 bits per heavy atom. The molecular formula is C16H19N3O3S. The lowest BCUT2D eigenvalue weighted by Gasteiger charge is -2.19. The van der Waals surface area contributed by atoms with Gasteiger partial charge in [-0.2, -0.15) is 0 Å². The van der Waals surface area contributed by atoms with Crippen LogP contribution in [-0.4, -0.2) is 41.4 Å². The number of aryl methyl sites for hydroxylation is 1. The molecular weight excluding hydrogens is 314 g/mol. The third-order valence-corrected chi connectivity index (χ3v) is 5.55. The van der Waals surface area contributed by atoms with Gasteiger partial charge in [0, 0.05) is 31.0 Å². The van der Waals surface area contributed by atoms with Crippen LogP contribution in [0.4, 0.5) is 0 Å². The maximum Gasteiger partial charge on any atom is 0.223 e. The van der Waals surface area contributed by atoms with Gasteiger partial charge in [0.2, 0.25) is 5.91 Å². The summed E-state index contributed by atoms with van der Waals surface area (Å²) in [4.78, 5) is 18.5. The summed E-state index contributed by atoms with van der Waals surface area (Å²) in [7, 11) is -1.38. The Labute approximate surface area is 135 Å². The fourth-order valence-electron chi connectivity index (χ4n) is 2.81. The summed E-state index contributed by atoms with van der Waals surface area (Å²) in [5.74, 6) is -0.262. The second-order valence-electron chi connectivity index (χ2n) is 5.94. The number of hydrogen-bond acceptors (Lipinski definition) is 4. The minimum Gasteiger partial charge on any atom is -0.340 e. The highest BCUT2D eigenvalue weighted by Crippen LogP contribution is 2.20. The number of carbonyl (C=O) groups excluding carboxylic acids is 1. The van der Waals surface area contributed by atoms with Crippen LogP contribution in [-0.2, 0) is 21.2 Å². The maximum atomic E-state index is 12.4. The van der Waals surface area contributed by atoms with E-state index in [1.807, 2.05) is 35.7 Å². The van der Waals surface area contributed by atoms with Gasteiger partial charge in [-0.15, -0.1) is 0 Å². The van der Waals surface area contributed by atoms with Crippen LogP contribution in [0.25, 0.3) is 5.65 Å². The van der Waals surface area contributed by atoms with Crippen LogP contribution in [0.2, 0.25) is 0 Å². The molecule has 0 spiro atoms. The summed E-state index contributed by atoms with van der Waals surface area (Å²) in [5.41, 5.74) is 2.70. The number of allylic oxidation sites excluding steroid dienone is 1. The second kappa shape index (κ2) is 5.81. The van der Waals surface area contributed by atoms with Crippen LogP contribution in [0.15, 0.2) is 35.9 Å². The van der Waals surface area contributed by atoms with Gasteiger partial charge in [-0.05, 0) is 19.1 Å². The van der Waals surface area contributed by atoms with Gasteiger partial charge in [-0.1, -0.05) is 12.1 Å². The summed E-state index contributed by atoms with van der Waals surface area (Å²) < 4.78 is 24.8. The number of fused-ring (bicyclic) bond motifs is 1. The Morgan fingerprint density at radius 1 is 1.43 bits per heavy atom. The van der Waals surface area contributed by atoms with Gasteiger partial charge in [-0.25, -0.2) is 13.4 Å². The van der Waals surface area contributed by atoms with E-state index in [4.69, 9.17) is 0 Å². The normalized spacial score (nSPS) is 19.3. The molecule has 0 aliphatic carbocycles. The van der Waals surface area contributed by atoms with Crippen molar-refractivity contribution in [1.82, 2.24) is 14.3 Å². The quantitative estimate of drug-likeness (QED) is 0.851. The number of amides is 1. The van der Waals surface area contributed by atoms with Crippen LogP contribution in [0.3, 0.4) is 0 Å². The standard InChI is InChI=1S/C16H19N3O3S/c1-12-14(19-7-4-3-5-15(19)17-12)10-18(2)16(20)9-13-6-8-23(21,22)11-13/h3-8,13H,9-11H2,1-2H3/t13-/m1/s1. The molecule has 0 unspecified atom stereocenters. The van der Waals surface area contributed by atoms with E-state index in [2.05, 4.69) is 4.98 Å². The first-order valence-corrected chi connectivity index (χ1v) is 9.15. The second-order valence-corrected chi connectivity index (χ2v) is 7.88. The highest BCUT2D eigenvalue weighted by molar-refractivity contribution is 7.94. The predicted octanol–water partition coefficient (Wildman–Crippen LogP) is 1.55. The Balaban J connectivity index is 1.71. The van der Waals surface area contributed by atoms with Gasteiger partial charge in [0.25, 0.3) is 0 Å². The van der Waals surface area contributed by atoms with Gasteiger partial charge in [0.05, 0.1) is 23.7 Å². The molecule has 1 aliphatic heterocycles. The monoisotopic (exact) mass is 333 g/mol. The lowest BCUT2D eigenvalue weighted by molar-refractivity contribution is -0.131. The molecule has 1 amide bonds. The van der Waals surface area contributed by atoms with E-state index >= 15 is 0 Å². The molecule has 122 valence electrons. The van der Waals surface area contributed by atoms with Gasteiger partial charge in [0.15, 0.2) is 9.84 Å². The smallest absolute Gasteiger partial charge is 0.223 e. The number of sulfone groups is 1. The van der Waals surface area contributed by atoms with E-state index in [1.54, 1.807) is 18.0 Å². The van der Waals surface area contributed by atoms with Crippen molar-refractivity contribution in [3.8, 4) is 0 Å². The van der Waals surface area contributed by atoms with Crippen molar-refractivity contribution in [3.05, 3.63) is 47.3 Å². The molecule has 2 aromatic rings. The zero-order chi connectivity index (χ0) is 16.6. The first-order valence-electron chi connectivity index (χ1n) is 7.43. The molecule has 3 heterocycles. The molecule has 3 rings (SSSR count). The van der Waals surface area contributed by atoms with Crippen molar-refractivity contribution < 1.29 is 13.2 Å². The van der Waals surface area contributed by atoms with E-state index in [9.17, 15) is 13.2 Å². The summed E-state index contributed by atoms with van der Waals surface area (Å²) in [6, 6.07) is 5.77. The Kier molecular flexibility index (Phi) is 3.97. The maximum absolute atomic E-state index is 12.4. The molecule has 0 N–H and O–H groups in total. The lowest BCUT2D eigenvalue weighted by Crippen LogP contribution is -2.29.